The predicted molar refractivity (Wildman–Crippen MR) is 77.4 cm³/mol. The van der Waals surface area contributed by atoms with Crippen LogP contribution in [0.5, 0.6) is 0 Å². The summed E-state index contributed by atoms with van der Waals surface area (Å²) in [4.78, 5) is 14.1. The van der Waals surface area contributed by atoms with Crippen LogP contribution in [-0.2, 0) is 4.74 Å². The Balaban J connectivity index is 2.08. The van der Waals surface area contributed by atoms with Crippen LogP contribution in [-0.4, -0.2) is 38.5 Å². The summed E-state index contributed by atoms with van der Waals surface area (Å²) in [5, 5.41) is 14.4. The van der Waals surface area contributed by atoms with Gasteiger partial charge in [-0.25, -0.2) is 0 Å². The molecule has 1 aliphatic rings. The van der Waals surface area contributed by atoms with Gasteiger partial charge in [0, 0.05) is 30.1 Å². The molecule has 20 heavy (non-hydrogen) atoms. The second-order valence-corrected chi connectivity index (χ2v) is 5.47. The highest BCUT2D eigenvalue weighted by Gasteiger charge is 2.20. The van der Waals surface area contributed by atoms with Gasteiger partial charge in [0.1, 0.15) is 10.9 Å². The highest BCUT2D eigenvalue weighted by molar-refractivity contribution is 7.17. The molecule has 0 aliphatic carbocycles. The van der Waals surface area contributed by atoms with E-state index in [4.69, 9.17) is 9.15 Å². The van der Waals surface area contributed by atoms with Crippen molar-refractivity contribution in [3.63, 3.8) is 0 Å². The van der Waals surface area contributed by atoms with Crippen LogP contribution in [0, 0.1) is 0 Å². The lowest BCUT2D eigenvalue weighted by Crippen LogP contribution is -2.36. The lowest BCUT2D eigenvalue weighted by atomic mass is 10.2. The van der Waals surface area contributed by atoms with E-state index in [9.17, 15) is 9.90 Å². The van der Waals surface area contributed by atoms with Gasteiger partial charge in [-0.2, -0.15) is 0 Å². The molecule has 1 atom stereocenters. The zero-order chi connectivity index (χ0) is 14.1. The Bertz CT molecular complexity index is 660. The molecule has 7 heteroatoms. The summed E-state index contributed by atoms with van der Waals surface area (Å²) < 4.78 is 11.7. The number of morpholine rings is 1. The molecule has 108 valence electrons. The maximum absolute atomic E-state index is 12.2. The van der Waals surface area contributed by atoms with Gasteiger partial charge in [-0.05, 0) is 7.05 Å². The minimum absolute atomic E-state index is 0.0766. The smallest absolute Gasteiger partial charge is 0.204 e. The minimum Gasteiger partial charge on any atom is -0.439 e. The van der Waals surface area contributed by atoms with E-state index in [0.717, 1.165) is 0 Å². The van der Waals surface area contributed by atoms with Crippen molar-refractivity contribution in [1.82, 2.24) is 5.32 Å². The third kappa shape index (κ3) is 2.33. The fourth-order valence-corrected chi connectivity index (χ4v) is 3.15. The quantitative estimate of drug-likeness (QED) is 0.820. The maximum atomic E-state index is 12.2. The number of hydrogen-bond acceptors (Lipinski definition) is 7. The molecule has 0 amide bonds. The van der Waals surface area contributed by atoms with Crippen molar-refractivity contribution in [3.05, 3.63) is 27.2 Å². The van der Waals surface area contributed by atoms with Crippen LogP contribution in [0.2, 0.25) is 0 Å². The third-order valence-corrected chi connectivity index (χ3v) is 4.34. The summed E-state index contributed by atoms with van der Waals surface area (Å²) >= 11 is 1.29. The molecule has 1 fully saturated rings. The number of hydrogen-bond donors (Lipinski definition) is 2. The number of nitrogens with zero attached hydrogens (tertiary/aromatic N) is 1. The van der Waals surface area contributed by atoms with Crippen LogP contribution in [0.25, 0.3) is 10.3 Å². The number of rotatable bonds is 3. The summed E-state index contributed by atoms with van der Waals surface area (Å²) in [6.45, 7) is 2.64. The van der Waals surface area contributed by atoms with Gasteiger partial charge in [-0.1, -0.05) is 0 Å². The zero-order valence-electron chi connectivity index (χ0n) is 11.1. The number of aliphatic hydroxyl groups excluding tert-OH is 1. The SMILES string of the molecule is CNC(O)c1csc2c(=O)cc(N3CCOCC3)oc12. The lowest BCUT2D eigenvalue weighted by molar-refractivity contribution is 0.120. The Morgan fingerprint density at radius 1 is 1.45 bits per heavy atom. The van der Waals surface area contributed by atoms with Gasteiger partial charge >= 0.3 is 0 Å². The molecule has 1 aliphatic heterocycles. The van der Waals surface area contributed by atoms with Crippen LogP contribution in [0.15, 0.2) is 20.7 Å². The van der Waals surface area contributed by atoms with Gasteiger partial charge < -0.3 is 19.2 Å². The van der Waals surface area contributed by atoms with Crippen molar-refractivity contribution < 1.29 is 14.3 Å². The predicted octanol–water partition coefficient (Wildman–Crippen LogP) is 0.901. The molecule has 1 unspecified atom stereocenters. The number of anilines is 1. The van der Waals surface area contributed by atoms with E-state index in [0.29, 0.717) is 48.0 Å². The lowest BCUT2D eigenvalue weighted by Gasteiger charge is -2.27. The first-order valence-electron chi connectivity index (χ1n) is 6.44. The van der Waals surface area contributed by atoms with E-state index in [1.54, 1.807) is 12.4 Å². The molecule has 0 bridgehead atoms. The first-order chi connectivity index (χ1) is 9.70. The van der Waals surface area contributed by atoms with Crippen molar-refractivity contribution in [2.75, 3.05) is 38.3 Å². The molecule has 3 heterocycles. The van der Waals surface area contributed by atoms with E-state index < -0.39 is 6.23 Å². The Morgan fingerprint density at radius 2 is 2.20 bits per heavy atom. The van der Waals surface area contributed by atoms with Crippen LogP contribution in [0.1, 0.15) is 11.8 Å². The highest BCUT2D eigenvalue weighted by Crippen LogP contribution is 2.30. The molecule has 2 N–H and O–H groups in total. The van der Waals surface area contributed by atoms with Gasteiger partial charge in [0.25, 0.3) is 0 Å². The van der Waals surface area contributed by atoms with Crippen molar-refractivity contribution in [3.8, 4) is 0 Å². The molecule has 1 saturated heterocycles. The van der Waals surface area contributed by atoms with Gasteiger partial charge in [-0.15, -0.1) is 11.3 Å². The Kier molecular flexibility index (Phi) is 3.75. The maximum Gasteiger partial charge on any atom is 0.204 e. The number of nitrogens with one attached hydrogen (secondary N) is 1. The number of thiophene rings is 1. The van der Waals surface area contributed by atoms with E-state index in [-0.39, 0.29) is 5.43 Å². The number of aliphatic hydroxyl groups is 1. The fraction of sp³-hybridized carbons (Fsp3) is 0.462. The van der Waals surface area contributed by atoms with Crippen molar-refractivity contribution in [1.29, 1.82) is 0 Å². The monoisotopic (exact) mass is 296 g/mol. The Morgan fingerprint density at radius 3 is 2.90 bits per heavy atom. The van der Waals surface area contributed by atoms with E-state index in [1.807, 2.05) is 4.90 Å². The zero-order valence-corrected chi connectivity index (χ0v) is 11.9. The molecular formula is C13H16N2O4S. The summed E-state index contributed by atoms with van der Waals surface area (Å²) in [5.74, 6) is 0.536. The largest absolute Gasteiger partial charge is 0.439 e. The molecule has 0 aromatic carbocycles. The summed E-state index contributed by atoms with van der Waals surface area (Å²) in [7, 11) is 1.65. The van der Waals surface area contributed by atoms with Gasteiger partial charge in [0.15, 0.2) is 11.5 Å². The Hall–Kier alpha value is -1.41. The molecule has 2 aromatic rings. The van der Waals surface area contributed by atoms with Crippen LogP contribution in [0.3, 0.4) is 0 Å². The second-order valence-electron chi connectivity index (χ2n) is 4.59. The molecule has 2 aromatic heterocycles. The highest BCUT2D eigenvalue weighted by atomic mass is 32.1. The van der Waals surface area contributed by atoms with E-state index >= 15 is 0 Å². The summed E-state index contributed by atoms with van der Waals surface area (Å²) in [6.07, 6.45) is -0.841. The van der Waals surface area contributed by atoms with E-state index in [2.05, 4.69) is 5.32 Å². The van der Waals surface area contributed by atoms with Gasteiger partial charge in [0.05, 0.1) is 13.2 Å². The summed E-state index contributed by atoms with van der Waals surface area (Å²) in [6, 6.07) is 1.51. The number of fused-ring (bicyclic) bond motifs is 1. The van der Waals surface area contributed by atoms with Crippen molar-refractivity contribution in [2.45, 2.75) is 6.23 Å². The Labute approximate surface area is 119 Å². The van der Waals surface area contributed by atoms with Gasteiger partial charge in [-0.3, -0.25) is 10.1 Å². The standard InChI is InChI=1S/C13H16N2O4S/c1-14-13(17)8-7-20-12-9(16)6-10(19-11(8)12)15-2-4-18-5-3-15/h6-7,13-14,17H,2-5H2,1H3. The topological polar surface area (TPSA) is 74.9 Å². The summed E-state index contributed by atoms with van der Waals surface area (Å²) in [5.41, 5.74) is 0.984. The second kappa shape index (κ2) is 5.53. The third-order valence-electron chi connectivity index (χ3n) is 3.35. The molecular weight excluding hydrogens is 280 g/mol. The van der Waals surface area contributed by atoms with Crippen LogP contribution >= 0.6 is 11.3 Å². The first-order valence-corrected chi connectivity index (χ1v) is 7.32. The molecule has 0 spiro atoms. The first kappa shape index (κ1) is 13.6. The normalized spacial score (nSPS) is 17.6. The molecule has 0 radical (unpaired) electrons. The number of ether oxygens (including phenoxy) is 1. The van der Waals surface area contributed by atoms with Crippen LogP contribution in [0.4, 0.5) is 5.88 Å². The van der Waals surface area contributed by atoms with Gasteiger partial charge in [0.2, 0.25) is 5.43 Å². The van der Waals surface area contributed by atoms with E-state index in [1.165, 1.54) is 17.4 Å². The molecule has 0 saturated carbocycles. The minimum atomic E-state index is -0.841. The average Bonchev–Trinajstić information content (AvgIpc) is 2.92. The fourth-order valence-electron chi connectivity index (χ4n) is 2.23. The molecule has 6 nitrogen and oxygen atoms in total. The average molecular weight is 296 g/mol. The molecule has 3 rings (SSSR count). The van der Waals surface area contributed by atoms with Crippen molar-refractivity contribution >= 4 is 27.5 Å². The van der Waals surface area contributed by atoms with Crippen molar-refractivity contribution in [2.24, 2.45) is 0 Å². The van der Waals surface area contributed by atoms with Crippen LogP contribution < -0.4 is 15.6 Å².